The van der Waals surface area contributed by atoms with Crippen LogP contribution in [0.25, 0.3) is 0 Å². The van der Waals surface area contributed by atoms with Crippen LogP contribution in [0.1, 0.15) is 5.69 Å². The number of nitro groups is 1. The number of aromatic nitrogens is 3. The maximum absolute atomic E-state index is 10.9. The highest BCUT2D eigenvalue weighted by Crippen LogP contribution is 2.28. The topological polar surface area (TPSA) is 123 Å². The summed E-state index contributed by atoms with van der Waals surface area (Å²) in [6.45, 7) is -0.0963. The van der Waals surface area contributed by atoms with Gasteiger partial charge in [0.15, 0.2) is 0 Å². The number of halogens is 1. The Hall–Kier alpha value is -2.49. The second kappa shape index (κ2) is 6.31. The van der Waals surface area contributed by atoms with Crippen molar-refractivity contribution in [2.75, 3.05) is 5.32 Å². The standard InChI is InChI=1S/C11H10BrN5O4/c12-7-1-2-10(17(20)21)9(3-7)13-4-8-5-16(15-14-8)6-11(18)19/h1-3,5,13H,4,6H2,(H,18,19). The van der Waals surface area contributed by atoms with Crippen molar-refractivity contribution in [1.82, 2.24) is 15.0 Å². The molecule has 0 unspecified atom stereocenters. The quantitative estimate of drug-likeness (QED) is 0.596. The zero-order chi connectivity index (χ0) is 15.4. The number of carbonyl (C=O) groups is 1. The van der Waals surface area contributed by atoms with E-state index in [1.165, 1.54) is 16.9 Å². The van der Waals surface area contributed by atoms with Crippen LogP contribution in [0.3, 0.4) is 0 Å². The van der Waals surface area contributed by atoms with E-state index in [1.807, 2.05) is 0 Å². The summed E-state index contributed by atoms with van der Waals surface area (Å²) in [4.78, 5) is 21.0. The molecule has 0 radical (unpaired) electrons. The number of hydrogen-bond acceptors (Lipinski definition) is 6. The first-order valence-electron chi connectivity index (χ1n) is 5.74. The summed E-state index contributed by atoms with van der Waals surface area (Å²) >= 11 is 3.24. The molecule has 0 saturated carbocycles. The van der Waals surface area contributed by atoms with Crippen molar-refractivity contribution >= 4 is 33.3 Å². The lowest BCUT2D eigenvalue weighted by atomic mass is 10.2. The van der Waals surface area contributed by atoms with Gasteiger partial charge in [0.05, 0.1) is 17.7 Å². The Morgan fingerprint density at radius 2 is 2.29 bits per heavy atom. The van der Waals surface area contributed by atoms with Gasteiger partial charge in [-0.05, 0) is 12.1 Å². The molecule has 1 heterocycles. The Morgan fingerprint density at radius 1 is 1.52 bits per heavy atom. The van der Waals surface area contributed by atoms with Crippen molar-refractivity contribution in [2.24, 2.45) is 0 Å². The van der Waals surface area contributed by atoms with Crippen LogP contribution in [0, 0.1) is 10.1 Å². The molecular formula is C11H10BrN5O4. The second-order valence-corrected chi connectivity index (χ2v) is 4.99. The average molecular weight is 356 g/mol. The van der Waals surface area contributed by atoms with Gasteiger partial charge in [-0.25, -0.2) is 4.68 Å². The van der Waals surface area contributed by atoms with E-state index in [9.17, 15) is 14.9 Å². The monoisotopic (exact) mass is 355 g/mol. The van der Waals surface area contributed by atoms with E-state index in [4.69, 9.17) is 5.11 Å². The SMILES string of the molecule is O=C(O)Cn1cc(CNc2cc(Br)ccc2[N+](=O)[O-])nn1. The highest BCUT2D eigenvalue weighted by atomic mass is 79.9. The number of benzene rings is 1. The van der Waals surface area contributed by atoms with Gasteiger partial charge >= 0.3 is 5.97 Å². The number of anilines is 1. The molecule has 2 aromatic rings. The Labute approximate surface area is 126 Å². The average Bonchev–Trinajstić information content (AvgIpc) is 2.82. The molecule has 2 rings (SSSR count). The van der Waals surface area contributed by atoms with Gasteiger partial charge in [-0.3, -0.25) is 14.9 Å². The molecule has 0 aliphatic heterocycles. The van der Waals surface area contributed by atoms with Crippen molar-refractivity contribution < 1.29 is 14.8 Å². The van der Waals surface area contributed by atoms with Crippen LogP contribution >= 0.6 is 15.9 Å². The summed E-state index contributed by atoms with van der Waals surface area (Å²) in [6.07, 6.45) is 1.46. The molecule has 2 N–H and O–H groups in total. The van der Waals surface area contributed by atoms with Crippen molar-refractivity contribution in [2.45, 2.75) is 13.1 Å². The lowest BCUT2D eigenvalue weighted by Gasteiger charge is -2.05. The second-order valence-electron chi connectivity index (χ2n) is 4.07. The summed E-state index contributed by atoms with van der Waals surface area (Å²) in [5, 5.41) is 29.9. The minimum absolute atomic E-state index is 0.0591. The molecule has 21 heavy (non-hydrogen) atoms. The Balaban J connectivity index is 2.09. The lowest BCUT2D eigenvalue weighted by Crippen LogP contribution is -2.09. The number of carboxylic acid groups (broad SMARTS) is 1. The molecule has 0 bridgehead atoms. The van der Waals surface area contributed by atoms with Gasteiger partial charge in [-0.2, -0.15) is 0 Å². The fourth-order valence-corrected chi connectivity index (χ4v) is 1.99. The highest BCUT2D eigenvalue weighted by Gasteiger charge is 2.14. The van der Waals surface area contributed by atoms with Crippen LogP contribution in [-0.4, -0.2) is 31.0 Å². The van der Waals surface area contributed by atoms with Gasteiger partial charge in [0.1, 0.15) is 17.9 Å². The minimum atomic E-state index is -1.03. The third-order valence-electron chi connectivity index (χ3n) is 2.50. The van der Waals surface area contributed by atoms with Gasteiger partial charge in [-0.1, -0.05) is 21.1 Å². The van der Waals surface area contributed by atoms with Gasteiger partial charge in [-0.15, -0.1) is 5.10 Å². The predicted molar refractivity (Wildman–Crippen MR) is 75.8 cm³/mol. The maximum atomic E-state index is 10.9. The Kier molecular flexibility index (Phi) is 4.48. The molecule has 0 saturated heterocycles. The molecule has 1 aromatic heterocycles. The van der Waals surface area contributed by atoms with Gasteiger partial charge in [0.25, 0.3) is 5.69 Å². The minimum Gasteiger partial charge on any atom is -0.480 e. The number of aliphatic carboxylic acids is 1. The smallest absolute Gasteiger partial charge is 0.325 e. The highest BCUT2D eigenvalue weighted by molar-refractivity contribution is 9.10. The van der Waals surface area contributed by atoms with Crippen molar-refractivity contribution in [3.63, 3.8) is 0 Å². The number of hydrogen-bond donors (Lipinski definition) is 2. The summed E-state index contributed by atoms with van der Waals surface area (Å²) in [5.41, 5.74) is 0.754. The number of rotatable bonds is 6. The van der Waals surface area contributed by atoms with E-state index < -0.39 is 10.9 Å². The van der Waals surface area contributed by atoms with Crippen LogP contribution in [0.2, 0.25) is 0 Å². The zero-order valence-electron chi connectivity index (χ0n) is 10.6. The van der Waals surface area contributed by atoms with Gasteiger partial charge in [0.2, 0.25) is 0 Å². The summed E-state index contributed by atoms with van der Waals surface area (Å²) in [5.74, 6) is -1.03. The molecular weight excluding hydrogens is 346 g/mol. The van der Waals surface area contributed by atoms with E-state index in [0.29, 0.717) is 15.9 Å². The Bertz CT molecular complexity index is 687. The number of carboxylic acids is 1. The van der Waals surface area contributed by atoms with Crippen LogP contribution in [0.15, 0.2) is 28.9 Å². The van der Waals surface area contributed by atoms with Crippen LogP contribution in [-0.2, 0) is 17.9 Å². The van der Waals surface area contributed by atoms with Crippen LogP contribution in [0.5, 0.6) is 0 Å². The first-order chi connectivity index (χ1) is 9.95. The van der Waals surface area contributed by atoms with Crippen LogP contribution in [0.4, 0.5) is 11.4 Å². The summed E-state index contributed by atoms with van der Waals surface area (Å²) in [7, 11) is 0. The molecule has 0 amide bonds. The first kappa shape index (κ1) is 14.9. The molecule has 10 heteroatoms. The molecule has 110 valence electrons. The summed E-state index contributed by atoms with van der Waals surface area (Å²) in [6, 6.07) is 4.54. The predicted octanol–water partition coefficient (Wildman–Crippen LogP) is 1.65. The number of nitrogens with zero attached hydrogens (tertiary/aromatic N) is 4. The third-order valence-corrected chi connectivity index (χ3v) is 2.99. The van der Waals surface area contributed by atoms with E-state index in [-0.39, 0.29) is 18.8 Å². The molecule has 0 aliphatic carbocycles. The van der Waals surface area contributed by atoms with Crippen molar-refractivity contribution in [3.05, 3.63) is 44.7 Å². The van der Waals surface area contributed by atoms with E-state index in [2.05, 4.69) is 31.6 Å². The van der Waals surface area contributed by atoms with Gasteiger partial charge < -0.3 is 10.4 Å². The molecule has 0 fully saturated rings. The third kappa shape index (κ3) is 3.99. The molecule has 9 nitrogen and oxygen atoms in total. The van der Waals surface area contributed by atoms with Crippen LogP contribution < -0.4 is 5.32 Å². The maximum Gasteiger partial charge on any atom is 0.325 e. The number of nitro benzene ring substituents is 1. The summed E-state index contributed by atoms with van der Waals surface area (Å²) < 4.78 is 1.87. The normalized spacial score (nSPS) is 10.3. The number of nitrogens with one attached hydrogen (secondary N) is 1. The van der Waals surface area contributed by atoms with Crippen molar-refractivity contribution in [1.29, 1.82) is 0 Å². The van der Waals surface area contributed by atoms with E-state index in [0.717, 1.165) is 0 Å². The van der Waals surface area contributed by atoms with E-state index in [1.54, 1.807) is 12.1 Å². The fraction of sp³-hybridized carbons (Fsp3) is 0.182. The molecule has 0 atom stereocenters. The molecule has 0 spiro atoms. The largest absolute Gasteiger partial charge is 0.480 e. The molecule has 1 aromatic carbocycles. The first-order valence-corrected chi connectivity index (χ1v) is 6.53. The van der Waals surface area contributed by atoms with E-state index >= 15 is 0 Å². The fourth-order valence-electron chi connectivity index (χ4n) is 1.63. The lowest BCUT2D eigenvalue weighted by molar-refractivity contribution is -0.384. The Morgan fingerprint density at radius 3 is 2.95 bits per heavy atom. The molecule has 0 aliphatic rings. The zero-order valence-corrected chi connectivity index (χ0v) is 12.1. The van der Waals surface area contributed by atoms with Crippen molar-refractivity contribution in [3.8, 4) is 0 Å². The van der Waals surface area contributed by atoms with Gasteiger partial charge in [0, 0.05) is 10.5 Å².